The van der Waals surface area contributed by atoms with Crippen LogP contribution in [0.2, 0.25) is 0 Å². The van der Waals surface area contributed by atoms with E-state index >= 15 is 0 Å². The molecule has 2 aromatic rings. The molecule has 6 heteroatoms. The van der Waals surface area contributed by atoms with E-state index in [0.717, 1.165) is 22.4 Å². The topological polar surface area (TPSA) is 38.1 Å². The van der Waals surface area contributed by atoms with Gasteiger partial charge >= 0.3 is 0 Å². The van der Waals surface area contributed by atoms with Gasteiger partial charge in [-0.25, -0.2) is 0 Å². The lowest BCUT2D eigenvalue weighted by atomic mass is 10.1. The molecule has 0 bridgehead atoms. The first-order chi connectivity index (χ1) is 8.63. The molecule has 0 aromatic carbocycles. The van der Waals surface area contributed by atoms with Crippen LogP contribution in [0.3, 0.4) is 0 Å². The van der Waals surface area contributed by atoms with Gasteiger partial charge in [-0.15, -0.1) is 11.3 Å². The molecule has 0 saturated carbocycles. The third kappa shape index (κ3) is 2.10. The zero-order valence-electron chi connectivity index (χ0n) is 9.84. The van der Waals surface area contributed by atoms with Gasteiger partial charge < -0.3 is 4.90 Å². The molecule has 0 aliphatic carbocycles. The Balaban J connectivity index is 1.64. The van der Waals surface area contributed by atoms with E-state index in [-0.39, 0.29) is 5.91 Å². The molecule has 0 N–H and O–H groups in total. The minimum absolute atomic E-state index is 0.135. The van der Waals surface area contributed by atoms with Crippen LogP contribution in [0, 0.1) is 6.92 Å². The van der Waals surface area contributed by atoms with E-state index in [1.807, 2.05) is 34.8 Å². The Kier molecular flexibility index (Phi) is 2.99. The lowest BCUT2D eigenvalue weighted by molar-refractivity contribution is 0.0506. The van der Waals surface area contributed by atoms with Gasteiger partial charge in [0.05, 0.1) is 21.6 Å². The summed E-state index contributed by atoms with van der Waals surface area (Å²) in [7, 11) is 0. The molecule has 0 spiro atoms. The second-order valence-corrected chi connectivity index (χ2v) is 6.62. The highest BCUT2D eigenvalue weighted by Gasteiger charge is 2.33. The average molecular weight is 326 g/mol. The van der Waals surface area contributed by atoms with Crippen LogP contribution in [0.5, 0.6) is 0 Å². The van der Waals surface area contributed by atoms with Crippen molar-refractivity contribution in [3.63, 3.8) is 0 Å². The number of aryl methyl sites for hydroxylation is 1. The van der Waals surface area contributed by atoms with Crippen LogP contribution in [0.1, 0.15) is 20.6 Å². The van der Waals surface area contributed by atoms with E-state index in [1.54, 1.807) is 17.5 Å². The fourth-order valence-corrected chi connectivity index (χ4v) is 3.15. The van der Waals surface area contributed by atoms with Gasteiger partial charge in [-0.1, -0.05) is 0 Å². The summed E-state index contributed by atoms with van der Waals surface area (Å²) >= 11 is 4.93. The van der Waals surface area contributed by atoms with E-state index in [0.29, 0.717) is 6.04 Å². The van der Waals surface area contributed by atoms with Crippen molar-refractivity contribution in [1.29, 1.82) is 0 Å². The molecule has 2 aromatic heterocycles. The lowest BCUT2D eigenvalue weighted by Crippen LogP contribution is -2.50. The monoisotopic (exact) mass is 325 g/mol. The smallest absolute Gasteiger partial charge is 0.264 e. The number of likely N-dealkylation sites (tertiary alicyclic amines) is 1. The third-order valence-electron chi connectivity index (χ3n) is 3.04. The summed E-state index contributed by atoms with van der Waals surface area (Å²) in [6.45, 7) is 3.50. The maximum Gasteiger partial charge on any atom is 0.264 e. The Labute approximate surface area is 117 Å². The Morgan fingerprint density at radius 3 is 2.83 bits per heavy atom. The van der Waals surface area contributed by atoms with Crippen LogP contribution in [0.25, 0.3) is 0 Å². The van der Waals surface area contributed by atoms with Gasteiger partial charge in [-0.3, -0.25) is 9.48 Å². The second kappa shape index (κ2) is 4.51. The fourth-order valence-electron chi connectivity index (χ4n) is 2.01. The number of amides is 1. The molecule has 18 heavy (non-hydrogen) atoms. The molecule has 1 fully saturated rings. The average Bonchev–Trinajstić information content (AvgIpc) is 2.85. The molecule has 94 valence electrons. The fraction of sp³-hybridized carbons (Fsp3) is 0.333. The molecule has 4 nitrogen and oxygen atoms in total. The van der Waals surface area contributed by atoms with Crippen LogP contribution in [0.15, 0.2) is 29.0 Å². The first kappa shape index (κ1) is 11.9. The zero-order chi connectivity index (χ0) is 12.7. The molecule has 0 radical (unpaired) electrons. The van der Waals surface area contributed by atoms with Crippen LogP contribution >= 0.6 is 27.3 Å². The maximum atomic E-state index is 12.1. The number of halogens is 1. The van der Waals surface area contributed by atoms with Crippen LogP contribution in [-0.2, 0) is 0 Å². The van der Waals surface area contributed by atoms with Crippen molar-refractivity contribution in [2.75, 3.05) is 13.1 Å². The molecule has 0 atom stereocenters. The summed E-state index contributed by atoms with van der Waals surface area (Å²) in [5.41, 5.74) is 0. The molecular weight excluding hydrogens is 314 g/mol. The number of thiophene rings is 1. The molecule has 1 amide bonds. The van der Waals surface area contributed by atoms with Crippen LogP contribution < -0.4 is 0 Å². The van der Waals surface area contributed by atoms with Crippen molar-refractivity contribution < 1.29 is 4.79 Å². The lowest BCUT2D eigenvalue weighted by Gasteiger charge is -2.38. The van der Waals surface area contributed by atoms with Crippen molar-refractivity contribution in [2.24, 2.45) is 0 Å². The van der Waals surface area contributed by atoms with Gasteiger partial charge in [0.1, 0.15) is 0 Å². The quantitative estimate of drug-likeness (QED) is 0.851. The number of rotatable bonds is 2. The molecule has 3 rings (SSSR count). The molecule has 0 unspecified atom stereocenters. The standard InChI is InChI=1S/C12H12BrN3OS/c1-8-2-3-11(18-8)12(17)15-6-10(7-15)16-5-9(13)4-14-16/h2-5,10H,6-7H2,1H3. The number of aromatic nitrogens is 2. The molecule has 1 aliphatic heterocycles. The van der Waals surface area contributed by atoms with Crippen LogP contribution in [0.4, 0.5) is 0 Å². The highest BCUT2D eigenvalue weighted by molar-refractivity contribution is 9.10. The second-order valence-electron chi connectivity index (χ2n) is 4.41. The maximum absolute atomic E-state index is 12.1. The minimum atomic E-state index is 0.135. The Morgan fingerprint density at radius 1 is 1.50 bits per heavy atom. The summed E-state index contributed by atoms with van der Waals surface area (Å²) in [5, 5.41) is 4.24. The van der Waals surface area contributed by atoms with Crippen molar-refractivity contribution >= 4 is 33.2 Å². The largest absolute Gasteiger partial charge is 0.334 e. The molecule has 3 heterocycles. The van der Waals surface area contributed by atoms with Gasteiger partial charge in [-0.2, -0.15) is 5.10 Å². The molecule has 1 saturated heterocycles. The highest BCUT2D eigenvalue weighted by atomic mass is 79.9. The zero-order valence-corrected chi connectivity index (χ0v) is 12.2. The molecule has 1 aliphatic rings. The Bertz CT molecular complexity index is 586. The number of carbonyl (C=O) groups is 1. The van der Waals surface area contributed by atoms with Crippen LogP contribution in [-0.4, -0.2) is 33.7 Å². The van der Waals surface area contributed by atoms with E-state index < -0.39 is 0 Å². The normalized spacial score (nSPS) is 15.8. The summed E-state index contributed by atoms with van der Waals surface area (Å²) < 4.78 is 2.88. The van der Waals surface area contributed by atoms with E-state index in [2.05, 4.69) is 21.0 Å². The Hall–Kier alpha value is -1.14. The van der Waals surface area contributed by atoms with Gasteiger partial charge in [-0.05, 0) is 35.0 Å². The predicted molar refractivity (Wildman–Crippen MR) is 73.9 cm³/mol. The number of hydrogen-bond donors (Lipinski definition) is 0. The van der Waals surface area contributed by atoms with Crippen molar-refractivity contribution in [3.8, 4) is 0 Å². The Morgan fingerprint density at radius 2 is 2.28 bits per heavy atom. The molecular formula is C12H12BrN3OS. The summed E-state index contributed by atoms with van der Waals surface area (Å²) in [5.74, 6) is 0.135. The van der Waals surface area contributed by atoms with Gasteiger partial charge in [0, 0.05) is 24.2 Å². The van der Waals surface area contributed by atoms with Gasteiger partial charge in [0.2, 0.25) is 0 Å². The highest BCUT2D eigenvalue weighted by Crippen LogP contribution is 2.26. The first-order valence-electron chi connectivity index (χ1n) is 5.69. The SMILES string of the molecule is Cc1ccc(C(=O)N2CC(n3cc(Br)cn3)C2)s1. The summed E-state index contributed by atoms with van der Waals surface area (Å²) in [6, 6.07) is 4.20. The number of nitrogens with zero attached hydrogens (tertiary/aromatic N) is 3. The summed E-state index contributed by atoms with van der Waals surface area (Å²) in [6.07, 6.45) is 3.72. The van der Waals surface area contributed by atoms with Crippen molar-refractivity contribution in [3.05, 3.63) is 38.8 Å². The summed E-state index contributed by atoms with van der Waals surface area (Å²) in [4.78, 5) is 16.0. The third-order valence-corrected chi connectivity index (χ3v) is 4.44. The van der Waals surface area contributed by atoms with Crippen molar-refractivity contribution in [1.82, 2.24) is 14.7 Å². The number of carbonyl (C=O) groups excluding carboxylic acids is 1. The predicted octanol–water partition coefficient (Wildman–Crippen LogP) is 2.71. The van der Waals surface area contributed by atoms with E-state index in [4.69, 9.17) is 0 Å². The minimum Gasteiger partial charge on any atom is -0.334 e. The number of hydrogen-bond acceptors (Lipinski definition) is 3. The van der Waals surface area contributed by atoms with Gasteiger partial charge in [0.15, 0.2) is 0 Å². The van der Waals surface area contributed by atoms with Crippen molar-refractivity contribution in [2.45, 2.75) is 13.0 Å². The van der Waals surface area contributed by atoms with Gasteiger partial charge in [0.25, 0.3) is 5.91 Å². The van der Waals surface area contributed by atoms with E-state index in [1.165, 1.54) is 4.88 Å². The first-order valence-corrected chi connectivity index (χ1v) is 7.30. The van der Waals surface area contributed by atoms with E-state index in [9.17, 15) is 4.79 Å².